The Morgan fingerprint density at radius 1 is 1.05 bits per heavy atom. The number of para-hydroxylation sites is 2. The maximum absolute atomic E-state index is 4.54. The van der Waals surface area contributed by atoms with Crippen LogP contribution < -0.4 is 0 Å². The normalized spacial score (nSPS) is 27.6. The molecule has 2 aliphatic heterocycles. The van der Waals surface area contributed by atoms with Crippen molar-refractivity contribution >= 4 is 11.0 Å². The zero-order valence-corrected chi connectivity index (χ0v) is 12.0. The van der Waals surface area contributed by atoms with E-state index in [1.165, 1.54) is 50.7 Å². The van der Waals surface area contributed by atoms with Gasteiger partial charge in [0, 0.05) is 12.6 Å². The van der Waals surface area contributed by atoms with Crippen LogP contribution in [0.5, 0.6) is 0 Å². The van der Waals surface area contributed by atoms with Crippen molar-refractivity contribution in [2.24, 2.45) is 5.92 Å². The predicted octanol–water partition coefficient (Wildman–Crippen LogP) is 3.30. The van der Waals surface area contributed by atoms with Crippen molar-refractivity contribution in [1.29, 1.82) is 0 Å². The number of fused-ring (bicyclic) bond motifs is 2. The summed E-state index contributed by atoms with van der Waals surface area (Å²) in [7, 11) is 0. The first kappa shape index (κ1) is 12.4. The van der Waals surface area contributed by atoms with E-state index in [9.17, 15) is 0 Å². The molecule has 0 bridgehead atoms. The summed E-state index contributed by atoms with van der Waals surface area (Å²) < 4.78 is 2.37. The summed E-state index contributed by atoms with van der Waals surface area (Å²) in [6, 6.07) is 9.32. The summed E-state index contributed by atoms with van der Waals surface area (Å²) >= 11 is 0. The third kappa shape index (κ3) is 2.14. The lowest BCUT2D eigenvalue weighted by molar-refractivity contribution is 0.0524. The lowest BCUT2D eigenvalue weighted by Gasteiger charge is -2.44. The zero-order valence-electron chi connectivity index (χ0n) is 12.0. The molecule has 2 fully saturated rings. The highest BCUT2D eigenvalue weighted by Gasteiger charge is 2.33. The van der Waals surface area contributed by atoms with E-state index in [4.69, 9.17) is 0 Å². The van der Waals surface area contributed by atoms with Gasteiger partial charge in [0.05, 0.1) is 17.4 Å². The van der Waals surface area contributed by atoms with Gasteiger partial charge in [0.2, 0.25) is 0 Å². The number of nitrogens with zero attached hydrogens (tertiary/aromatic N) is 3. The summed E-state index contributed by atoms with van der Waals surface area (Å²) in [5.74, 6) is 0.807. The van der Waals surface area contributed by atoms with Crippen LogP contribution in [0.1, 0.15) is 32.1 Å². The van der Waals surface area contributed by atoms with Crippen LogP contribution in [0, 0.1) is 5.92 Å². The van der Waals surface area contributed by atoms with Crippen LogP contribution in [0.4, 0.5) is 0 Å². The van der Waals surface area contributed by atoms with Crippen molar-refractivity contribution < 1.29 is 0 Å². The molecule has 0 spiro atoms. The fraction of sp³-hybridized carbons (Fsp3) is 0.588. The van der Waals surface area contributed by atoms with Crippen molar-refractivity contribution in [2.75, 3.05) is 13.1 Å². The molecule has 3 heteroatoms. The smallest absolute Gasteiger partial charge is 0.0958 e. The average molecular weight is 269 g/mol. The van der Waals surface area contributed by atoms with Gasteiger partial charge in [-0.3, -0.25) is 0 Å². The summed E-state index contributed by atoms with van der Waals surface area (Å²) in [6.45, 7) is 3.79. The Labute approximate surface area is 120 Å². The zero-order chi connectivity index (χ0) is 13.4. The fourth-order valence-electron chi connectivity index (χ4n) is 4.20. The van der Waals surface area contributed by atoms with Gasteiger partial charge in [-0.15, -0.1) is 0 Å². The minimum Gasteiger partial charge on any atom is -0.330 e. The second-order valence-electron chi connectivity index (χ2n) is 6.39. The minimum atomic E-state index is 0.807. The molecule has 106 valence electrons. The topological polar surface area (TPSA) is 21.1 Å². The quantitative estimate of drug-likeness (QED) is 0.834. The first-order chi connectivity index (χ1) is 9.92. The van der Waals surface area contributed by atoms with Crippen LogP contribution in [0.15, 0.2) is 30.6 Å². The number of benzene rings is 1. The van der Waals surface area contributed by atoms with Gasteiger partial charge in [-0.05, 0) is 56.8 Å². The highest BCUT2D eigenvalue weighted by Crippen LogP contribution is 2.32. The van der Waals surface area contributed by atoms with E-state index in [0.29, 0.717) is 0 Å². The van der Waals surface area contributed by atoms with Gasteiger partial charge in [-0.1, -0.05) is 18.6 Å². The van der Waals surface area contributed by atoms with E-state index in [0.717, 1.165) is 24.0 Å². The molecule has 2 atom stereocenters. The van der Waals surface area contributed by atoms with E-state index in [1.54, 1.807) is 0 Å². The summed E-state index contributed by atoms with van der Waals surface area (Å²) in [4.78, 5) is 7.28. The van der Waals surface area contributed by atoms with Crippen LogP contribution in [-0.4, -0.2) is 33.6 Å². The van der Waals surface area contributed by atoms with Crippen LogP contribution in [0.25, 0.3) is 11.0 Å². The highest BCUT2D eigenvalue weighted by atomic mass is 15.2. The number of piperidine rings is 2. The molecule has 0 radical (unpaired) electrons. The molecule has 0 saturated carbocycles. The van der Waals surface area contributed by atoms with Crippen molar-refractivity contribution in [3.05, 3.63) is 30.6 Å². The van der Waals surface area contributed by atoms with Gasteiger partial charge >= 0.3 is 0 Å². The molecular formula is C17H23N3. The van der Waals surface area contributed by atoms with Crippen molar-refractivity contribution in [2.45, 2.75) is 44.7 Å². The van der Waals surface area contributed by atoms with Crippen LogP contribution in [0.2, 0.25) is 0 Å². The summed E-state index contributed by atoms with van der Waals surface area (Å²) in [5, 5.41) is 0. The third-order valence-electron chi connectivity index (χ3n) is 5.19. The maximum atomic E-state index is 4.54. The Morgan fingerprint density at radius 3 is 2.95 bits per heavy atom. The van der Waals surface area contributed by atoms with E-state index in [1.807, 2.05) is 6.33 Å². The number of aromatic nitrogens is 2. The Bertz CT molecular complexity index is 587. The molecule has 2 saturated heterocycles. The van der Waals surface area contributed by atoms with E-state index in [2.05, 4.69) is 38.7 Å². The van der Waals surface area contributed by atoms with Crippen LogP contribution in [-0.2, 0) is 6.54 Å². The molecule has 2 aromatic rings. The Morgan fingerprint density at radius 2 is 1.95 bits per heavy atom. The summed E-state index contributed by atoms with van der Waals surface area (Å²) in [6.07, 6.45) is 9.00. The average Bonchev–Trinajstić information content (AvgIpc) is 2.91. The molecule has 0 amide bonds. The number of hydrogen-bond acceptors (Lipinski definition) is 2. The van der Waals surface area contributed by atoms with Crippen LogP contribution >= 0.6 is 0 Å². The monoisotopic (exact) mass is 269 g/mol. The second kappa shape index (κ2) is 5.21. The molecule has 1 aromatic heterocycles. The maximum Gasteiger partial charge on any atom is 0.0958 e. The predicted molar refractivity (Wildman–Crippen MR) is 81.7 cm³/mol. The standard InChI is InChI=1S/C17H23N3/c1-2-9-17-15(7-1)18-13-20(17)12-14-6-5-11-19-10-4-3-8-16(14)19/h1-2,7,9,13-14,16H,3-6,8,10-12H2/t14-,16+/m0/s1. The molecule has 3 nitrogen and oxygen atoms in total. The minimum absolute atomic E-state index is 0.807. The molecule has 1 aromatic carbocycles. The van der Waals surface area contributed by atoms with Gasteiger partial charge in [0.15, 0.2) is 0 Å². The molecule has 20 heavy (non-hydrogen) atoms. The fourth-order valence-corrected chi connectivity index (χ4v) is 4.20. The van der Waals surface area contributed by atoms with Crippen LogP contribution in [0.3, 0.4) is 0 Å². The Balaban J connectivity index is 1.58. The number of imidazole rings is 1. The Kier molecular flexibility index (Phi) is 3.23. The van der Waals surface area contributed by atoms with E-state index < -0.39 is 0 Å². The number of rotatable bonds is 2. The molecule has 0 unspecified atom stereocenters. The van der Waals surface area contributed by atoms with Crippen molar-refractivity contribution in [3.8, 4) is 0 Å². The first-order valence-electron chi connectivity index (χ1n) is 8.06. The third-order valence-corrected chi connectivity index (χ3v) is 5.19. The summed E-state index contributed by atoms with van der Waals surface area (Å²) in [5.41, 5.74) is 2.42. The molecule has 0 aliphatic carbocycles. The van der Waals surface area contributed by atoms with Gasteiger partial charge in [0.25, 0.3) is 0 Å². The van der Waals surface area contributed by atoms with Gasteiger partial charge in [-0.2, -0.15) is 0 Å². The van der Waals surface area contributed by atoms with Crippen molar-refractivity contribution in [3.63, 3.8) is 0 Å². The molecule has 3 heterocycles. The lowest BCUT2D eigenvalue weighted by Crippen LogP contribution is -2.48. The lowest BCUT2D eigenvalue weighted by atomic mass is 9.83. The van der Waals surface area contributed by atoms with Gasteiger partial charge < -0.3 is 9.47 Å². The van der Waals surface area contributed by atoms with Gasteiger partial charge in [-0.25, -0.2) is 4.98 Å². The first-order valence-corrected chi connectivity index (χ1v) is 8.06. The van der Waals surface area contributed by atoms with E-state index in [-0.39, 0.29) is 0 Å². The second-order valence-corrected chi connectivity index (χ2v) is 6.39. The van der Waals surface area contributed by atoms with E-state index >= 15 is 0 Å². The molecule has 0 N–H and O–H groups in total. The number of hydrogen-bond donors (Lipinski definition) is 0. The molecular weight excluding hydrogens is 246 g/mol. The molecule has 4 rings (SSSR count). The van der Waals surface area contributed by atoms with Crippen molar-refractivity contribution in [1.82, 2.24) is 14.5 Å². The highest BCUT2D eigenvalue weighted by molar-refractivity contribution is 5.74. The SMILES string of the molecule is c1ccc2c(c1)ncn2C[C@@H]1CCCN2CCCC[C@H]12. The van der Waals surface area contributed by atoms with Gasteiger partial charge in [0.1, 0.15) is 0 Å². The molecule has 2 aliphatic rings. The Hall–Kier alpha value is -1.35. The largest absolute Gasteiger partial charge is 0.330 e.